The Morgan fingerprint density at radius 2 is 2.12 bits per heavy atom. The minimum absolute atomic E-state index is 0.0291. The second kappa shape index (κ2) is 6.55. The van der Waals surface area contributed by atoms with E-state index in [2.05, 4.69) is 17.1 Å². The highest BCUT2D eigenvalue weighted by Crippen LogP contribution is 2.30. The fraction of sp³-hybridized carbons (Fsp3) is 0.368. The monoisotopic (exact) mass is 359 g/mol. The molecule has 0 aliphatic heterocycles. The first-order chi connectivity index (χ1) is 12.5. The summed E-state index contributed by atoms with van der Waals surface area (Å²) in [5.74, 6) is -0.0114. The maximum Gasteiger partial charge on any atom is 0.319 e. The van der Waals surface area contributed by atoms with Crippen molar-refractivity contribution in [3.63, 3.8) is 0 Å². The highest BCUT2D eigenvalue weighted by molar-refractivity contribution is 5.88. The molecule has 2 aromatic heterocycles. The molecular weight excluding hydrogens is 340 g/mol. The minimum Gasteiger partial charge on any atom is -0.464 e. The van der Waals surface area contributed by atoms with Gasteiger partial charge in [-0.1, -0.05) is 0 Å². The summed E-state index contributed by atoms with van der Waals surface area (Å²) < 4.78 is 32.2. The number of aromatic nitrogens is 2. The summed E-state index contributed by atoms with van der Waals surface area (Å²) in [6.07, 6.45) is 7.57. The number of carbonyl (C=O) groups excluding carboxylic acids is 1. The zero-order chi connectivity index (χ0) is 18.3. The van der Waals surface area contributed by atoms with Crippen LogP contribution in [0.4, 0.5) is 8.78 Å². The quantitative estimate of drug-likeness (QED) is 0.698. The molecule has 5 nitrogen and oxygen atoms in total. The van der Waals surface area contributed by atoms with Gasteiger partial charge >= 0.3 is 6.55 Å². The SMILES string of the molecule is CN(Cc1nccn1C(F)F)C(=O)Cc1coc2cc3c(cc12)CCC3. The Morgan fingerprint density at radius 3 is 2.88 bits per heavy atom. The van der Waals surface area contributed by atoms with Gasteiger partial charge in [0.1, 0.15) is 11.4 Å². The molecule has 7 heteroatoms. The normalized spacial score (nSPS) is 13.5. The molecule has 0 radical (unpaired) electrons. The number of rotatable bonds is 5. The van der Waals surface area contributed by atoms with Gasteiger partial charge in [-0.3, -0.25) is 9.36 Å². The number of furan rings is 1. The Labute approximate surface area is 149 Å². The zero-order valence-electron chi connectivity index (χ0n) is 14.4. The van der Waals surface area contributed by atoms with E-state index in [-0.39, 0.29) is 24.7 Å². The number of nitrogens with zero attached hydrogens (tertiary/aromatic N) is 3. The Kier molecular flexibility index (Phi) is 4.22. The maximum absolute atomic E-state index is 12.9. The molecule has 0 saturated carbocycles. The van der Waals surface area contributed by atoms with E-state index in [9.17, 15) is 13.6 Å². The van der Waals surface area contributed by atoms with Gasteiger partial charge in [0, 0.05) is 30.4 Å². The third-order valence-corrected chi connectivity index (χ3v) is 4.97. The van der Waals surface area contributed by atoms with Crippen LogP contribution < -0.4 is 0 Å². The van der Waals surface area contributed by atoms with Gasteiger partial charge in [-0.2, -0.15) is 8.78 Å². The Hall–Kier alpha value is -2.70. The first-order valence-corrected chi connectivity index (χ1v) is 8.58. The lowest BCUT2D eigenvalue weighted by Crippen LogP contribution is -2.29. The fourth-order valence-corrected chi connectivity index (χ4v) is 3.53. The molecule has 136 valence electrons. The number of imidazole rings is 1. The number of amides is 1. The summed E-state index contributed by atoms with van der Waals surface area (Å²) in [5.41, 5.74) is 4.26. The molecule has 1 aliphatic carbocycles. The van der Waals surface area contributed by atoms with Gasteiger partial charge in [-0.15, -0.1) is 0 Å². The van der Waals surface area contributed by atoms with E-state index in [1.165, 1.54) is 28.4 Å². The van der Waals surface area contributed by atoms with Crippen LogP contribution in [-0.4, -0.2) is 27.4 Å². The van der Waals surface area contributed by atoms with Crippen LogP contribution in [0.2, 0.25) is 0 Å². The number of fused-ring (bicyclic) bond motifs is 2. The lowest BCUT2D eigenvalue weighted by molar-refractivity contribution is -0.129. The summed E-state index contributed by atoms with van der Waals surface area (Å²) >= 11 is 0. The molecule has 2 heterocycles. The number of halogens is 2. The van der Waals surface area contributed by atoms with E-state index in [1.54, 1.807) is 13.3 Å². The molecule has 3 aromatic rings. The average molecular weight is 359 g/mol. The molecule has 26 heavy (non-hydrogen) atoms. The first-order valence-electron chi connectivity index (χ1n) is 8.58. The van der Waals surface area contributed by atoms with Crippen LogP contribution in [0.25, 0.3) is 11.0 Å². The number of likely N-dealkylation sites (N-methyl/N-ethyl adjacent to an activating group) is 1. The molecule has 0 N–H and O–H groups in total. The molecule has 1 aliphatic rings. The van der Waals surface area contributed by atoms with Crippen LogP contribution in [0.1, 0.15) is 35.5 Å². The van der Waals surface area contributed by atoms with E-state index in [4.69, 9.17) is 4.42 Å². The molecule has 0 unspecified atom stereocenters. The van der Waals surface area contributed by atoms with Crippen LogP contribution in [0.5, 0.6) is 0 Å². The Bertz CT molecular complexity index is 961. The van der Waals surface area contributed by atoms with Gasteiger partial charge in [0.25, 0.3) is 0 Å². The summed E-state index contributed by atoms with van der Waals surface area (Å²) in [6.45, 7) is -2.64. The fourth-order valence-electron chi connectivity index (χ4n) is 3.53. The summed E-state index contributed by atoms with van der Waals surface area (Å²) in [4.78, 5) is 17.9. The van der Waals surface area contributed by atoms with Gasteiger partial charge in [0.05, 0.1) is 19.2 Å². The second-order valence-electron chi connectivity index (χ2n) is 6.69. The van der Waals surface area contributed by atoms with Crippen molar-refractivity contribution in [2.45, 2.75) is 38.8 Å². The molecule has 0 spiro atoms. The molecule has 0 atom stereocenters. The van der Waals surface area contributed by atoms with Crippen molar-refractivity contribution in [2.24, 2.45) is 0 Å². The van der Waals surface area contributed by atoms with Crippen molar-refractivity contribution >= 4 is 16.9 Å². The topological polar surface area (TPSA) is 51.3 Å². The third kappa shape index (κ3) is 2.98. The molecule has 0 fully saturated rings. The van der Waals surface area contributed by atoms with Crippen molar-refractivity contribution in [3.05, 3.63) is 53.3 Å². The lowest BCUT2D eigenvalue weighted by atomic mass is 10.0. The number of aryl methyl sites for hydroxylation is 2. The molecule has 0 bridgehead atoms. The van der Waals surface area contributed by atoms with E-state index < -0.39 is 6.55 Å². The highest BCUT2D eigenvalue weighted by atomic mass is 19.3. The number of benzene rings is 1. The Morgan fingerprint density at radius 1 is 1.35 bits per heavy atom. The van der Waals surface area contributed by atoms with E-state index in [0.717, 1.165) is 40.4 Å². The lowest BCUT2D eigenvalue weighted by Gasteiger charge is -2.17. The smallest absolute Gasteiger partial charge is 0.319 e. The van der Waals surface area contributed by atoms with Gasteiger partial charge in [-0.25, -0.2) is 4.98 Å². The third-order valence-electron chi connectivity index (χ3n) is 4.97. The van der Waals surface area contributed by atoms with Crippen molar-refractivity contribution < 1.29 is 18.0 Å². The van der Waals surface area contributed by atoms with Crippen LogP contribution in [0.15, 0.2) is 35.2 Å². The maximum atomic E-state index is 12.9. The molecule has 1 amide bonds. The minimum atomic E-state index is -2.67. The standard InChI is InChI=1S/C19H19F2N3O2/c1-23(10-17-22-5-6-24(17)19(20)21)18(25)9-14-11-26-16-8-13-4-2-3-12(13)7-15(14)16/h5-8,11,19H,2-4,9-10H2,1H3. The first kappa shape index (κ1) is 16.8. The summed E-state index contributed by atoms with van der Waals surface area (Å²) in [5, 5.41) is 0.960. The summed E-state index contributed by atoms with van der Waals surface area (Å²) in [7, 11) is 1.59. The number of carbonyl (C=O) groups is 1. The van der Waals surface area contributed by atoms with Crippen molar-refractivity contribution in [1.29, 1.82) is 0 Å². The molecule has 4 rings (SSSR count). The van der Waals surface area contributed by atoms with Gasteiger partial charge in [-0.05, 0) is 42.5 Å². The van der Waals surface area contributed by atoms with Gasteiger partial charge < -0.3 is 9.32 Å². The van der Waals surface area contributed by atoms with Crippen LogP contribution in [0, 0.1) is 0 Å². The van der Waals surface area contributed by atoms with Crippen molar-refractivity contribution in [1.82, 2.24) is 14.5 Å². The predicted molar refractivity (Wildman–Crippen MR) is 91.9 cm³/mol. The predicted octanol–water partition coefficient (Wildman–Crippen LogP) is 3.71. The largest absolute Gasteiger partial charge is 0.464 e. The molecule has 0 saturated heterocycles. The van der Waals surface area contributed by atoms with E-state index in [1.807, 2.05) is 0 Å². The van der Waals surface area contributed by atoms with Crippen LogP contribution in [0.3, 0.4) is 0 Å². The van der Waals surface area contributed by atoms with E-state index in [0.29, 0.717) is 0 Å². The van der Waals surface area contributed by atoms with Crippen molar-refractivity contribution in [3.8, 4) is 0 Å². The molecule has 1 aromatic carbocycles. The van der Waals surface area contributed by atoms with Crippen molar-refractivity contribution in [2.75, 3.05) is 7.05 Å². The second-order valence-corrected chi connectivity index (χ2v) is 6.69. The number of hydrogen-bond donors (Lipinski definition) is 0. The highest BCUT2D eigenvalue weighted by Gasteiger charge is 2.20. The number of alkyl halides is 2. The van der Waals surface area contributed by atoms with Gasteiger partial charge in [0.2, 0.25) is 5.91 Å². The van der Waals surface area contributed by atoms with Crippen LogP contribution >= 0.6 is 0 Å². The van der Waals surface area contributed by atoms with Gasteiger partial charge in [0.15, 0.2) is 0 Å². The zero-order valence-corrected chi connectivity index (χ0v) is 14.4. The summed E-state index contributed by atoms with van der Waals surface area (Å²) in [6, 6.07) is 4.18. The average Bonchev–Trinajstić information content (AvgIpc) is 3.32. The van der Waals surface area contributed by atoms with Crippen LogP contribution in [-0.2, 0) is 30.6 Å². The Balaban J connectivity index is 1.51. The number of hydrogen-bond acceptors (Lipinski definition) is 3. The molecular formula is C19H19F2N3O2. The van der Waals surface area contributed by atoms with E-state index >= 15 is 0 Å².